The minimum absolute atomic E-state index is 0.152. The Morgan fingerprint density at radius 2 is 2.00 bits per heavy atom. The maximum Gasteiger partial charge on any atom is 0.269 e. The standard InChI is InChI=1S/C22H24N6O2/c1-3-16-11-19-20(26-21(16)29)10-15(12-24-19)14-27-6-8-28(9-7-27)17-4-5-18(25-13-17)22(30)23-2/h3-5,10-13H,1,6-9,14H2,2H3,(H,23,30)(H,26,29). The van der Waals surface area contributed by atoms with Gasteiger partial charge in [0.05, 0.1) is 22.9 Å². The number of aromatic amines is 1. The average molecular weight is 404 g/mol. The zero-order valence-corrected chi connectivity index (χ0v) is 16.9. The van der Waals surface area contributed by atoms with Crippen LogP contribution in [0.2, 0.25) is 0 Å². The van der Waals surface area contributed by atoms with Crippen molar-refractivity contribution in [2.45, 2.75) is 6.54 Å². The minimum atomic E-state index is -0.183. The van der Waals surface area contributed by atoms with Crippen LogP contribution in [0.15, 0.2) is 48.0 Å². The normalized spacial score (nSPS) is 14.6. The third-order valence-electron chi connectivity index (χ3n) is 5.35. The molecule has 3 aromatic rings. The number of hydrogen-bond acceptors (Lipinski definition) is 6. The fraction of sp³-hybridized carbons (Fsp3) is 0.273. The summed E-state index contributed by atoms with van der Waals surface area (Å²) in [5.41, 5.74) is 4.37. The number of H-pyrrole nitrogens is 1. The highest BCUT2D eigenvalue weighted by Gasteiger charge is 2.18. The van der Waals surface area contributed by atoms with E-state index in [4.69, 9.17) is 0 Å². The molecule has 1 aliphatic rings. The Morgan fingerprint density at radius 1 is 1.20 bits per heavy atom. The number of carbonyl (C=O) groups is 1. The summed E-state index contributed by atoms with van der Waals surface area (Å²) in [5.74, 6) is -0.183. The second kappa shape index (κ2) is 8.46. The van der Waals surface area contributed by atoms with E-state index in [0.29, 0.717) is 11.3 Å². The average Bonchev–Trinajstić information content (AvgIpc) is 2.78. The summed E-state index contributed by atoms with van der Waals surface area (Å²) in [4.78, 5) is 39.9. The van der Waals surface area contributed by atoms with Crippen LogP contribution in [0.4, 0.5) is 5.69 Å². The van der Waals surface area contributed by atoms with Crippen LogP contribution in [0.25, 0.3) is 17.1 Å². The maximum absolute atomic E-state index is 12.0. The van der Waals surface area contributed by atoms with Crippen molar-refractivity contribution in [1.82, 2.24) is 25.2 Å². The number of piperazine rings is 1. The number of carbonyl (C=O) groups excluding carboxylic acids is 1. The second-order valence-electron chi connectivity index (χ2n) is 7.28. The third kappa shape index (κ3) is 4.08. The number of hydrogen-bond donors (Lipinski definition) is 2. The lowest BCUT2D eigenvalue weighted by Gasteiger charge is -2.36. The molecule has 0 saturated carbocycles. The first kappa shape index (κ1) is 19.8. The quantitative estimate of drug-likeness (QED) is 0.672. The van der Waals surface area contributed by atoms with Gasteiger partial charge in [0.15, 0.2) is 0 Å². The molecule has 0 bridgehead atoms. The van der Waals surface area contributed by atoms with Crippen LogP contribution in [0.1, 0.15) is 21.6 Å². The SMILES string of the molecule is C=Cc1cc2ncc(CN3CCN(c4ccc(C(=O)NC)nc4)CC3)cc2[nH]c1=O. The van der Waals surface area contributed by atoms with Crippen LogP contribution in [-0.4, -0.2) is 59.0 Å². The number of amides is 1. The zero-order chi connectivity index (χ0) is 21.1. The van der Waals surface area contributed by atoms with Crippen LogP contribution in [0, 0.1) is 0 Å². The first-order valence-electron chi connectivity index (χ1n) is 9.87. The Balaban J connectivity index is 1.39. The monoisotopic (exact) mass is 404 g/mol. The van der Waals surface area contributed by atoms with Gasteiger partial charge in [0, 0.05) is 51.5 Å². The molecule has 1 amide bonds. The summed E-state index contributed by atoms with van der Waals surface area (Å²) in [6.07, 6.45) is 5.15. The highest BCUT2D eigenvalue weighted by atomic mass is 16.1. The van der Waals surface area contributed by atoms with Crippen molar-refractivity contribution >= 4 is 28.7 Å². The first-order chi connectivity index (χ1) is 14.6. The lowest BCUT2D eigenvalue weighted by molar-refractivity contribution is 0.0958. The number of pyridine rings is 3. The van der Waals surface area contributed by atoms with E-state index in [1.54, 1.807) is 25.4 Å². The van der Waals surface area contributed by atoms with E-state index in [9.17, 15) is 9.59 Å². The van der Waals surface area contributed by atoms with Crippen LogP contribution >= 0.6 is 0 Å². The van der Waals surface area contributed by atoms with Crippen molar-refractivity contribution in [3.8, 4) is 0 Å². The Kier molecular flexibility index (Phi) is 5.58. The molecule has 30 heavy (non-hydrogen) atoms. The predicted octanol–water partition coefficient (Wildman–Crippen LogP) is 1.64. The van der Waals surface area contributed by atoms with Crippen molar-refractivity contribution in [2.24, 2.45) is 0 Å². The third-order valence-corrected chi connectivity index (χ3v) is 5.35. The van der Waals surface area contributed by atoms with E-state index < -0.39 is 0 Å². The zero-order valence-electron chi connectivity index (χ0n) is 16.9. The van der Waals surface area contributed by atoms with Gasteiger partial charge in [0.1, 0.15) is 5.69 Å². The number of aromatic nitrogens is 3. The number of rotatable bonds is 5. The molecule has 0 aromatic carbocycles. The summed E-state index contributed by atoms with van der Waals surface area (Å²) < 4.78 is 0. The van der Waals surface area contributed by atoms with Crippen molar-refractivity contribution < 1.29 is 4.79 Å². The van der Waals surface area contributed by atoms with E-state index in [1.165, 1.54) is 6.08 Å². The molecule has 1 fully saturated rings. The van der Waals surface area contributed by atoms with Crippen LogP contribution < -0.4 is 15.8 Å². The fourth-order valence-electron chi connectivity index (χ4n) is 3.64. The van der Waals surface area contributed by atoms with Crippen LogP contribution in [0.5, 0.6) is 0 Å². The molecule has 4 rings (SSSR count). The lowest BCUT2D eigenvalue weighted by atomic mass is 10.1. The van der Waals surface area contributed by atoms with E-state index in [-0.39, 0.29) is 11.5 Å². The Morgan fingerprint density at radius 3 is 2.67 bits per heavy atom. The van der Waals surface area contributed by atoms with Crippen molar-refractivity contribution in [3.05, 3.63) is 70.4 Å². The van der Waals surface area contributed by atoms with Gasteiger partial charge in [-0.1, -0.05) is 12.7 Å². The van der Waals surface area contributed by atoms with Gasteiger partial charge >= 0.3 is 0 Å². The molecule has 8 nitrogen and oxygen atoms in total. The second-order valence-corrected chi connectivity index (χ2v) is 7.28. The molecule has 0 radical (unpaired) electrons. The molecular formula is C22H24N6O2. The predicted molar refractivity (Wildman–Crippen MR) is 118 cm³/mol. The van der Waals surface area contributed by atoms with Crippen molar-refractivity contribution in [3.63, 3.8) is 0 Å². The molecular weight excluding hydrogens is 380 g/mol. The number of nitrogens with one attached hydrogen (secondary N) is 2. The molecule has 3 aromatic heterocycles. The Labute approximate surface area is 174 Å². The van der Waals surface area contributed by atoms with Gasteiger partial charge in [0.25, 0.3) is 11.5 Å². The highest BCUT2D eigenvalue weighted by Crippen LogP contribution is 2.18. The van der Waals surface area contributed by atoms with E-state index in [0.717, 1.165) is 55.0 Å². The molecule has 0 aliphatic carbocycles. The maximum atomic E-state index is 12.0. The molecule has 1 aliphatic heterocycles. The van der Waals surface area contributed by atoms with Gasteiger partial charge in [-0.2, -0.15) is 0 Å². The Hall–Kier alpha value is -3.52. The molecule has 0 spiro atoms. The first-order valence-corrected chi connectivity index (χ1v) is 9.87. The molecule has 4 heterocycles. The topological polar surface area (TPSA) is 94.2 Å². The van der Waals surface area contributed by atoms with Gasteiger partial charge in [-0.05, 0) is 29.8 Å². The van der Waals surface area contributed by atoms with Crippen molar-refractivity contribution in [2.75, 3.05) is 38.1 Å². The molecule has 0 atom stereocenters. The van der Waals surface area contributed by atoms with Gasteiger partial charge < -0.3 is 15.2 Å². The molecule has 8 heteroatoms. The van der Waals surface area contributed by atoms with Gasteiger partial charge in [-0.15, -0.1) is 0 Å². The van der Waals surface area contributed by atoms with Gasteiger partial charge in [0.2, 0.25) is 0 Å². The number of anilines is 1. The summed E-state index contributed by atoms with van der Waals surface area (Å²) in [5, 5.41) is 2.58. The summed E-state index contributed by atoms with van der Waals surface area (Å²) in [6, 6.07) is 7.44. The summed E-state index contributed by atoms with van der Waals surface area (Å²) in [7, 11) is 1.60. The van der Waals surface area contributed by atoms with Crippen LogP contribution in [-0.2, 0) is 6.54 Å². The van der Waals surface area contributed by atoms with E-state index in [2.05, 4.69) is 36.6 Å². The Bertz CT molecular complexity index is 1130. The molecule has 2 N–H and O–H groups in total. The van der Waals surface area contributed by atoms with E-state index >= 15 is 0 Å². The largest absolute Gasteiger partial charge is 0.368 e. The van der Waals surface area contributed by atoms with Crippen molar-refractivity contribution in [1.29, 1.82) is 0 Å². The lowest BCUT2D eigenvalue weighted by Crippen LogP contribution is -2.46. The van der Waals surface area contributed by atoms with Crippen LogP contribution in [0.3, 0.4) is 0 Å². The summed E-state index contributed by atoms with van der Waals surface area (Å²) in [6.45, 7) is 7.99. The summed E-state index contributed by atoms with van der Waals surface area (Å²) >= 11 is 0. The molecule has 0 unspecified atom stereocenters. The molecule has 154 valence electrons. The highest BCUT2D eigenvalue weighted by molar-refractivity contribution is 5.92. The molecule has 1 saturated heterocycles. The van der Waals surface area contributed by atoms with Gasteiger partial charge in [-0.3, -0.25) is 19.5 Å². The van der Waals surface area contributed by atoms with E-state index in [1.807, 2.05) is 18.3 Å². The number of fused-ring (bicyclic) bond motifs is 1. The smallest absolute Gasteiger partial charge is 0.269 e. The fourth-order valence-corrected chi connectivity index (χ4v) is 3.64. The number of nitrogens with zero attached hydrogens (tertiary/aromatic N) is 4. The van der Waals surface area contributed by atoms with Gasteiger partial charge in [-0.25, -0.2) is 4.98 Å². The minimum Gasteiger partial charge on any atom is -0.368 e.